The summed E-state index contributed by atoms with van der Waals surface area (Å²) in [6, 6.07) is 10.00. The van der Waals surface area contributed by atoms with Gasteiger partial charge in [0.2, 0.25) is 0 Å². The van der Waals surface area contributed by atoms with Crippen molar-refractivity contribution in [3.05, 3.63) is 52.6 Å². The summed E-state index contributed by atoms with van der Waals surface area (Å²) in [4.78, 5) is 13.5. The van der Waals surface area contributed by atoms with Crippen LogP contribution in [0.5, 0.6) is 5.75 Å². The first-order valence-corrected chi connectivity index (χ1v) is 8.27. The molecule has 0 atom stereocenters. The van der Waals surface area contributed by atoms with Crippen LogP contribution in [0.1, 0.15) is 47.8 Å². The Morgan fingerprint density at radius 2 is 1.65 bits per heavy atom. The van der Waals surface area contributed by atoms with Crippen molar-refractivity contribution in [2.45, 2.75) is 49.8 Å². The lowest BCUT2D eigenvalue weighted by molar-refractivity contribution is 0.0692. The van der Waals surface area contributed by atoms with Crippen molar-refractivity contribution in [3.8, 4) is 5.75 Å². The van der Waals surface area contributed by atoms with Crippen molar-refractivity contribution < 1.29 is 15.0 Å². The minimum Gasteiger partial charge on any atom is -0.507 e. The van der Waals surface area contributed by atoms with Gasteiger partial charge in [-0.1, -0.05) is 50.2 Å². The van der Waals surface area contributed by atoms with Gasteiger partial charge < -0.3 is 10.2 Å². The summed E-state index contributed by atoms with van der Waals surface area (Å²) in [6.07, 6.45) is 0. The lowest BCUT2D eigenvalue weighted by atomic mass is 9.84. The van der Waals surface area contributed by atoms with Gasteiger partial charge in [0.15, 0.2) is 0 Å². The van der Waals surface area contributed by atoms with E-state index in [9.17, 15) is 15.0 Å². The van der Waals surface area contributed by atoms with E-state index in [1.54, 1.807) is 6.92 Å². The van der Waals surface area contributed by atoms with Crippen molar-refractivity contribution in [1.29, 1.82) is 0 Å². The molecule has 0 saturated heterocycles. The van der Waals surface area contributed by atoms with Crippen LogP contribution in [0.25, 0.3) is 0 Å². The maximum atomic E-state index is 11.6. The fourth-order valence-electron chi connectivity index (χ4n) is 2.42. The van der Waals surface area contributed by atoms with Gasteiger partial charge in [-0.3, -0.25) is 0 Å². The quantitative estimate of drug-likeness (QED) is 0.816. The molecule has 0 unspecified atom stereocenters. The largest absolute Gasteiger partial charge is 0.507 e. The standard InChI is InChI=1S/C19H22O3S/c1-11-6-8-13(9-7-11)23-15-10-14(19(3,4)5)17(20)16(12(15)2)18(21)22/h6-10,20H,1-5H3,(H,21,22). The number of hydrogen-bond acceptors (Lipinski definition) is 3. The zero-order chi connectivity index (χ0) is 17.4. The molecular weight excluding hydrogens is 308 g/mol. The first-order chi connectivity index (χ1) is 10.6. The zero-order valence-corrected chi connectivity index (χ0v) is 14.9. The van der Waals surface area contributed by atoms with Crippen LogP contribution in [-0.2, 0) is 5.41 Å². The summed E-state index contributed by atoms with van der Waals surface area (Å²) in [6.45, 7) is 9.66. The van der Waals surface area contributed by atoms with E-state index >= 15 is 0 Å². The molecule has 0 aliphatic rings. The van der Waals surface area contributed by atoms with E-state index in [0.29, 0.717) is 11.1 Å². The molecule has 0 aliphatic heterocycles. The highest BCUT2D eigenvalue weighted by Gasteiger charge is 2.26. The molecule has 0 bridgehead atoms. The van der Waals surface area contributed by atoms with Gasteiger partial charge in [0.25, 0.3) is 0 Å². The number of aromatic hydroxyl groups is 1. The van der Waals surface area contributed by atoms with E-state index in [0.717, 1.165) is 9.79 Å². The fraction of sp³-hybridized carbons (Fsp3) is 0.316. The Balaban J connectivity index is 2.61. The molecule has 0 heterocycles. The third-order valence-electron chi connectivity index (χ3n) is 3.78. The van der Waals surface area contributed by atoms with Crippen LogP contribution >= 0.6 is 11.8 Å². The smallest absolute Gasteiger partial charge is 0.339 e. The maximum Gasteiger partial charge on any atom is 0.339 e. The Morgan fingerprint density at radius 3 is 2.13 bits per heavy atom. The molecule has 122 valence electrons. The Hall–Kier alpha value is -1.94. The first kappa shape index (κ1) is 17.4. The van der Waals surface area contributed by atoms with Gasteiger partial charge in [0, 0.05) is 15.4 Å². The second kappa shape index (κ2) is 6.28. The summed E-state index contributed by atoms with van der Waals surface area (Å²) in [5.41, 5.74) is 2.07. The molecule has 23 heavy (non-hydrogen) atoms. The topological polar surface area (TPSA) is 57.5 Å². The SMILES string of the molecule is Cc1ccc(Sc2cc(C(C)(C)C)c(O)c(C(=O)O)c2C)cc1. The monoisotopic (exact) mass is 330 g/mol. The molecule has 2 aromatic carbocycles. The van der Waals surface area contributed by atoms with E-state index in [1.807, 2.05) is 58.0 Å². The number of phenols is 1. The molecule has 3 nitrogen and oxygen atoms in total. The number of benzene rings is 2. The number of hydrogen-bond donors (Lipinski definition) is 2. The van der Waals surface area contributed by atoms with E-state index in [1.165, 1.54) is 17.3 Å². The predicted molar refractivity (Wildman–Crippen MR) is 93.8 cm³/mol. The highest BCUT2D eigenvalue weighted by molar-refractivity contribution is 7.99. The number of carboxylic acids is 1. The minimum atomic E-state index is -1.10. The second-order valence-corrected chi connectivity index (χ2v) is 7.86. The second-order valence-electron chi connectivity index (χ2n) is 6.74. The maximum absolute atomic E-state index is 11.6. The molecule has 0 fully saturated rings. The van der Waals surface area contributed by atoms with Crippen LogP contribution in [0.3, 0.4) is 0 Å². The zero-order valence-electron chi connectivity index (χ0n) is 14.1. The third-order valence-corrected chi connectivity index (χ3v) is 4.93. The highest BCUT2D eigenvalue weighted by atomic mass is 32.2. The van der Waals surface area contributed by atoms with Crippen LogP contribution in [0, 0.1) is 13.8 Å². The van der Waals surface area contributed by atoms with E-state index in [4.69, 9.17) is 0 Å². The van der Waals surface area contributed by atoms with Gasteiger partial charge in [0.1, 0.15) is 11.3 Å². The van der Waals surface area contributed by atoms with Gasteiger partial charge in [0.05, 0.1) is 0 Å². The molecule has 0 saturated carbocycles. The van der Waals surface area contributed by atoms with E-state index < -0.39 is 5.97 Å². The minimum absolute atomic E-state index is 0.00737. The van der Waals surface area contributed by atoms with Crippen LogP contribution in [0.2, 0.25) is 0 Å². The van der Waals surface area contributed by atoms with Crippen molar-refractivity contribution in [2.24, 2.45) is 0 Å². The Kier molecular flexibility index (Phi) is 4.76. The average molecular weight is 330 g/mol. The molecule has 0 aliphatic carbocycles. The predicted octanol–water partition coefficient (Wildman–Crippen LogP) is 5.16. The van der Waals surface area contributed by atoms with Gasteiger partial charge in [-0.05, 0) is 43.0 Å². The van der Waals surface area contributed by atoms with Crippen LogP contribution in [0.4, 0.5) is 0 Å². The lowest BCUT2D eigenvalue weighted by Crippen LogP contribution is -2.14. The van der Waals surface area contributed by atoms with Crippen molar-refractivity contribution in [2.75, 3.05) is 0 Å². The van der Waals surface area contributed by atoms with Crippen molar-refractivity contribution >= 4 is 17.7 Å². The number of carboxylic acid groups (broad SMARTS) is 1. The van der Waals surface area contributed by atoms with Crippen LogP contribution < -0.4 is 0 Å². The number of carbonyl (C=O) groups is 1. The van der Waals surface area contributed by atoms with Gasteiger partial charge in [-0.25, -0.2) is 4.79 Å². The summed E-state index contributed by atoms with van der Waals surface area (Å²) >= 11 is 1.52. The molecular formula is C19H22O3S. The number of rotatable bonds is 3. The molecule has 0 spiro atoms. The lowest BCUT2D eigenvalue weighted by Gasteiger charge is -2.24. The van der Waals surface area contributed by atoms with Crippen molar-refractivity contribution in [1.82, 2.24) is 0 Å². The molecule has 4 heteroatoms. The van der Waals surface area contributed by atoms with Crippen LogP contribution in [0.15, 0.2) is 40.1 Å². The highest BCUT2D eigenvalue weighted by Crippen LogP contribution is 2.41. The molecule has 0 radical (unpaired) electrons. The summed E-state index contributed by atoms with van der Waals surface area (Å²) in [7, 11) is 0. The van der Waals surface area contributed by atoms with Crippen LogP contribution in [-0.4, -0.2) is 16.2 Å². The fourth-order valence-corrected chi connectivity index (χ4v) is 3.37. The molecule has 0 aromatic heterocycles. The van der Waals surface area contributed by atoms with E-state index in [2.05, 4.69) is 0 Å². The molecule has 2 N–H and O–H groups in total. The third kappa shape index (κ3) is 3.70. The Labute approximate surface area is 141 Å². The summed E-state index contributed by atoms with van der Waals surface area (Å²) in [5.74, 6) is -1.23. The summed E-state index contributed by atoms with van der Waals surface area (Å²) in [5, 5.41) is 19.9. The Bertz CT molecular complexity index is 741. The number of aryl methyl sites for hydroxylation is 1. The van der Waals surface area contributed by atoms with E-state index in [-0.39, 0.29) is 16.7 Å². The number of aromatic carboxylic acids is 1. The molecule has 2 aromatic rings. The average Bonchev–Trinajstić information content (AvgIpc) is 2.42. The summed E-state index contributed by atoms with van der Waals surface area (Å²) < 4.78 is 0. The molecule has 2 rings (SSSR count). The van der Waals surface area contributed by atoms with Crippen molar-refractivity contribution in [3.63, 3.8) is 0 Å². The van der Waals surface area contributed by atoms with Gasteiger partial charge in [-0.2, -0.15) is 0 Å². The van der Waals surface area contributed by atoms with Gasteiger partial charge >= 0.3 is 5.97 Å². The van der Waals surface area contributed by atoms with Gasteiger partial charge in [-0.15, -0.1) is 0 Å². The Morgan fingerprint density at radius 1 is 1.09 bits per heavy atom. The normalized spacial score (nSPS) is 11.5. The molecule has 0 amide bonds. The first-order valence-electron chi connectivity index (χ1n) is 7.46.